The predicted octanol–water partition coefficient (Wildman–Crippen LogP) is 3.29. The number of benzene rings is 2. The number of anilines is 1. The molecule has 0 radical (unpaired) electrons. The van der Waals surface area contributed by atoms with E-state index in [1.807, 2.05) is 36.2 Å². The van der Waals surface area contributed by atoms with Gasteiger partial charge in [0.05, 0.1) is 31.0 Å². The third kappa shape index (κ3) is 4.71. The Bertz CT molecular complexity index is 1140. The van der Waals surface area contributed by atoms with Crippen molar-refractivity contribution in [2.75, 3.05) is 58.4 Å². The van der Waals surface area contributed by atoms with Gasteiger partial charge in [-0.2, -0.15) is 0 Å². The van der Waals surface area contributed by atoms with Crippen molar-refractivity contribution in [3.05, 3.63) is 59.2 Å². The van der Waals surface area contributed by atoms with Gasteiger partial charge in [0.25, 0.3) is 11.7 Å². The quantitative estimate of drug-likeness (QED) is 0.353. The van der Waals surface area contributed by atoms with Crippen LogP contribution in [0.4, 0.5) is 5.69 Å². The number of ether oxygens (including phenoxy) is 2. The fraction of sp³-hybridized carbons (Fsp3) is 0.407. The van der Waals surface area contributed by atoms with Crippen molar-refractivity contribution in [2.45, 2.75) is 19.9 Å². The van der Waals surface area contributed by atoms with E-state index in [-0.39, 0.29) is 11.3 Å². The van der Waals surface area contributed by atoms with Crippen molar-refractivity contribution >= 4 is 23.1 Å². The van der Waals surface area contributed by atoms with Crippen molar-refractivity contribution in [1.82, 2.24) is 9.80 Å². The van der Waals surface area contributed by atoms with Crippen LogP contribution in [0.2, 0.25) is 0 Å². The molecule has 1 fully saturated rings. The minimum absolute atomic E-state index is 0.0853. The topological polar surface area (TPSA) is 82.6 Å². The number of amides is 1. The van der Waals surface area contributed by atoms with E-state index in [1.54, 1.807) is 30.2 Å². The van der Waals surface area contributed by atoms with Gasteiger partial charge in [0.2, 0.25) is 0 Å². The van der Waals surface area contributed by atoms with E-state index in [0.29, 0.717) is 36.6 Å². The fourth-order valence-corrected chi connectivity index (χ4v) is 4.71. The summed E-state index contributed by atoms with van der Waals surface area (Å²) in [5.41, 5.74) is 2.09. The Morgan fingerprint density at radius 1 is 1.17 bits per heavy atom. The largest absolute Gasteiger partial charge is 0.507 e. The first-order valence-electron chi connectivity index (χ1n) is 12.0. The molecular weight excluding hydrogens is 446 g/mol. The first-order chi connectivity index (χ1) is 16.9. The smallest absolute Gasteiger partial charge is 0.295 e. The molecule has 1 amide bonds. The van der Waals surface area contributed by atoms with Crippen molar-refractivity contribution in [1.29, 1.82) is 0 Å². The van der Waals surface area contributed by atoms with Gasteiger partial charge >= 0.3 is 0 Å². The maximum absolute atomic E-state index is 13.3. The molecule has 4 rings (SSSR count). The van der Waals surface area contributed by atoms with E-state index < -0.39 is 17.7 Å². The summed E-state index contributed by atoms with van der Waals surface area (Å²) in [4.78, 5) is 32.3. The zero-order valence-electron chi connectivity index (χ0n) is 20.8. The van der Waals surface area contributed by atoms with Crippen LogP contribution in [0.1, 0.15) is 31.0 Å². The molecule has 1 unspecified atom stereocenters. The first kappa shape index (κ1) is 24.6. The second kappa shape index (κ2) is 10.4. The highest BCUT2D eigenvalue weighted by Gasteiger charge is 2.46. The third-order valence-corrected chi connectivity index (χ3v) is 6.83. The van der Waals surface area contributed by atoms with Gasteiger partial charge in [-0.15, -0.1) is 0 Å². The molecule has 0 bridgehead atoms. The van der Waals surface area contributed by atoms with E-state index in [0.717, 1.165) is 31.1 Å². The summed E-state index contributed by atoms with van der Waals surface area (Å²) in [5.74, 6) is -0.144. The molecule has 35 heavy (non-hydrogen) atoms. The summed E-state index contributed by atoms with van der Waals surface area (Å²) in [6.45, 7) is 8.11. The summed E-state index contributed by atoms with van der Waals surface area (Å²) in [7, 11) is 3.52. The molecule has 2 aromatic carbocycles. The minimum atomic E-state index is -0.717. The Morgan fingerprint density at radius 3 is 2.66 bits per heavy atom. The monoisotopic (exact) mass is 479 g/mol. The second-order valence-electron chi connectivity index (χ2n) is 8.75. The molecule has 186 valence electrons. The number of methoxy groups -OCH3 is 1. The number of likely N-dealkylation sites (tertiary alicyclic amines) is 1. The number of hydrogen-bond donors (Lipinski definition) is 1. The summed E-state index contributed by atoms with van der Waals surface area (Å²) in [6.07, 6.45) is 0. The van der Waals surface area contributed by atoms with Gasteiger partial charge in [-0.05, 0) is 49.0 Å². The minimum Gasteiger partial charge on any atom is -0.507 e. The lowest BCUT2D eigenvalue weighted by Gasteiger charge is -2.29. The molecule has 8 nitrogen and oxygen atoms in total. The highest BCUT2D eigenvalue weighted by molar-refractivity contribution is 6.46. The van der Waals surface area contributed by atoms with E-state index in [9.17, 15) is 14.7 Å². The Labute approximate surface area is 206 Å². The van der Waals surface area contributed by atoms with Crippen LogP contribution >= 0.6 is 0 Å². The lowest BCUT2D eigenvalue weighted by atomic mass is 9.94. The number of carbonyl (C=O) groups excluding carboxylic acids is 2. The molecule has 0 saturated carbocycles. The second-order valence-corrected chi connectivity index (χ2v) is 8.75. The maximum atomic E-state index is 13.3. The highest BCUT2D eigenvalue weighted by Crippen LogP contribution is 2.41. The zero-order chi connectivity index (χ0) is 25.1. The zero-order valence-corrected chi connectivity index (χ0v) is 20.8. The Kier molecular flexibility index (Phi) is 7.31. The molecule has 1 saturated heterocycles. The third-order valence-electron chi connectivity index (χ3n) is 6.83. The van der Waals surface area contributed by atoms with Gasteiger partial charge in [0.15, 0.2) is 0 Å². The normalized spacial score (nSPS) is 19.2. The van der Waals surface area contributed by atoms with E-state index in [2.05, 4.69) is 18.7 Å². The summed E-state index contributed by atoms with van der Waals surface area (Å²) in [5, 5.41) is 11.4. The van der Waals surface area contributed by atoms with Crippen molar-refractivity contribution in [2.24, 2.45) is 0 Å². The van der Waals surface area contributed by atoms with E-state index in [4.69, 9.17) is 9.47 Å². The number of nitrogens with zero attached hydrogens (tertiary/aromatic N) is 3. The van der Waals surface area contributed by atoms with Crippen LogP contribution < -0.4 is 14.4 Å². The molecule has 2 aliphatic heterocycles. The van der Waals surface area contributed by atoms with Crippen LogP contribution in [-0.4, -0.2) is 80.1 Å². The van der Waals surface area contributed by atoms with Gasteiger partial charge in [-0.3, -0.25) is 9.59 Å². The van der Waals surface area contributed by atoms with Crippen LogP contribution in [0.15, 0.2) is 48.0 Å². The average Bonchev–Trinajstić information content (AvgIpc) is 3.14. The van der Waals surface area contributed by atoms with Crippen molar-refractivity contribution in [3.8, 4) is 11.5 Å². The predicted molar refractivity (Wildman–Crippen MR) is 135 cm³/mol. The molecule has 2 aromatic rings. The van der Waals surface area contributed by atoms with Gasteiger partial charge in [-0.1, -0.05) is 26.0 Å². The molecule has 8 heteroatoms. The number of aliphatic hydroxyl groups excluding tert-OH is 1. The van der Waals surface area contributed by atoms with Crippen molar-refractivity contribution < 1.29 is 24.2 Å². The standard InChI is InChI=1S/C27H33N3O5/c1-5-29(6-2)12-13-30-24(18-8-7-9-20(16-18)34-4)23(26(32)27(30)33)25(31)19-10-11-22-21(17-19)28(3)14-15-35-22/h7-11,16-17,24,31H,5-6,12-15H2,1-4H3/b25-23-. The number of Topliss-reactive ketones (excluding diaryl/α,β-unsaturated/α-hetero) is 1. The number of aliphatic hydroxyl groups is 1. The number of likely N-dealkylation sites (N-methyl/N-ethyl adjacent to an activating group) is 2. The van der Waals surface area contributed by atoms with Gasteiger partial charge < -0.3 is 29.3 Å². The van der Waals surface area contributed by atoms with Crippen LogP contribution in [0.3, 0.4) is 0 Å². The van der Waals surface area contributed by atoms with Crippen LogP contribution in [0.5, 0.6) is 11.5 Å². The van der Waals surface area contributed by atoms with Gasteiger partial charge in [0, 0.05) is 25.7 Å². The summed E-state index contributed by atoms with van der Waals surface area (Å²) in [6, 6.07) is 11.9. The van der Waals surface area contributed by atoms with Gasteiger partial charge in [-0.25, -0.2) is 0 Å². The number of carbonyl (C=O) groups is 2. The molecule has 2 aliphatic rings. The molecule has 1 atom stereocenters. The van der Waals surface area contributed by atoms with E-state index >= 15 is 0 Å². The first-order valence-corrected chi connectivity index (χ1v) is 12.0. The SMILES string of the molecule is CCN(CC)CCN1C(=O)C(=O)/C(=C(\O)c2ccc3c(c2)N(C)CCO3)C1c1cccc(OC)c1. The van der Waals surface area contributed by atoms with E-state index in [1.165, 1.54) is 0 Å². The molecule has 0 spiro atoms. The Hall–Kier alpha value is -3.52. The Morgan fingerprint density at radius 2 is 1.94 bits per heavy atom. The summed E-state index contributed by atoms with van der Waals surface area (Å²) >= 11 is 0. The van der Waals surface area contributed by atoms with Crippen molar-refractivity contribution in [3.63, 3.8) is 0 Å². The molecule has 1 N–H and O–H groups in total. The Balaban J connectivity index is 1.81. The lowest BCUT2D eigenvalue weighted by Crippen LogP contribution is -2.38. The molecule has 2 heterocycles. The molecular formula is C27H33N3O5. The van der Waals surface area contributed by atoms with Crippen LogP contribution in [0.25, 0.3) is 5.76 Å². The summed E-state index contributed by atoms with van der Waals surface area (Å²) < 4.78 is 11.1. The van der Waals surface area contributed by atoms with Gasteiger partial charge in [0.1, 0.15) is 23.9 Å². The number of rotatable bonds is 8. The lowest BCUT2D eigenvalue weighted by molar-refractivity contribution is -0.140. The number of hydrogen-bond acceptors (Lipinski definition) is 7. The number of ketones is 1. The average molecular weight is 480 g/mol. The molecule has 0 aromatic heterocycles. The molecule has 0 aliphatic carbocycles. The maximum Gasteiger partial charge on any atom is 0.295 e. The highest BCUT2D eigenvalue weighted by atomic mass is 16.5. The fourth-order valence-electron chi connectivity index (χ4n) is 4.71. The van der Waals surface area contributed by atoms with Crippen LogP contribution in [-0.2, 0) is 9.59 Å². The number of fused-ring (bicyclic) bond motifs is 1. The van der Waals surface area contributed by atoms with Crippen LogP contribution in [0, 0.1) is 0 Å².